The molecule has 0 spiro atoms. The molecular weight excluding hydrogens is 428 g/mol. The van der Waals surface area contributed by atoms with Gasteiger partial charge in [-0.2, -0.15) is 5.10 Å². The van der Waals surface area contributed by atoms with E-state index in [1.807, 2.05) is 18.2 Å². The Morgan fingerprint density at radius 2 is 1.72 bits per heavy atom. The summed E-state index contributed by atoms with van der Waals surface area (Å²) in [5.74, 6) is 0.0649. The number of esters is 1. The lowest BCUT2D eigenvalue weighted by Crippen LogP contribution is -2.24. The molecule has 3 rings (SSSR count). The van der Waals surface area contributed by atoms with Gasteiger partial charge in [-0.1, -0.05) is 48.0 Å². The van der Waals surface area contributed by atoms with Gasteiger partial charge in [-0.3, -0.25) is 4.79 Å². The summed E-state index contributed by atoms with van der Waals surface area (Å²) in [6, 6.07) is 20.8. The van der Waals surface area contributed by atoms with Gasteiger partial charge in [0.1, 0.15) is 11.5 Å². The Hall–Kier alpha value is -3.90. The zero-order chi connectivity index (χ0) is 22.8. The fourth-order valence-electron chi connectivity index (χ4n) is 2.73. The average Bonchev–Trinajstić information content (AvgIpc) is 2.80. The third-order valence-corrected chi connectivity index (χ3v) is 4.61. The van der Waals surface area contributed by atoms with Crippen LogP contribution in [0.5, 0.6) is 11.5 Å². The summed E-state index contributed by atoms with van der Waals surface area (Å²) in [6.45, 7) is 3.55. The SMILES string of the molecule is C=CCc1ccccc1OCC(=O)NN=Cc1ccc(OC(=O)c2ccccc2Cl)cc1. The molecule has 0 aromatic heterocycles. The summed E-state index contributed by atoms with van der Waals surface area (Å²) in [5, 5.41) is 4.24. The van der Waals surface area contributed by atoms with E-state index in [1.165, 1.54) is 6.21 Å². The van der Waals surface area contributed by atoms with Crippen LogP contribution >= 0.6 is 11.6 Å². The molecule has 0 atom stereocenters. The van der Waals surface area contributed by atoms with Crippen molar-refractivity contribution < 1.29 is 19.1 Å². The van der Waals surface area contributed by atoms with Gasteiger partial charge in [0.15, 0.2) is 6.61 Å². The molecule has 0 saturated carbocycles. The molecule has 7 heteroatoms. The van der Waals surface area contributed by atoms with E-state index in [0.717, 1.165) is 5.56 Å². The zero-order valence-corrected chi connectivity index (χ0v) is 17.9. The van der Waals surface area contributed by atoms with Gasteiger partial charge in [0.25, 0.3) is 5.91 Å². The second kappa shape index (κ2) is 11.5. The van der Waals surface area contributed by atoms with E-state index in [9.17, 15) is 9.59 Å². The number of benzene rings is 3. The van der Waals surface area contributed by atoms with E-state index in [2.05, 4.69) is 17.1 Å². The first-order valence-electron chi connectivity index (χ1n) is 9.77. The molecule has 0 unspecified atom stereocenters. The molecule has 3 aromatic carbocycles. The smallest absolute Gasteiger partial charge is 0.345 e. The van der Waals surface area contributed by atoms with E-state index in [-0.39, 0.29) is 18.1 Å². The van der Waals surface area contributed by atoms with Crippen LogP contribution < -0.4 is 14.9 Å². The number of hydrogen-bond donors (Lipinski definition) is 1. The molecule has 0 saturated heterocycles. The van der Waals surface area contributed by atoms with Crippen LogP contribution in [0.15, 0.2) is 90.6 Å². The number of nitrogens with zero attached hydrogens (tertiary/aromatic N) is 1. The highest BCUT2D eigenvalue weighted by Crippen LogP contribution is 2.19. The number of nitrogens with one attached hydrogen (secondary N) is 1. The standard InChI is InChI=1S/C25H21ClN2O4/c1-2-7-19-8-3-6-11-23(19)31-17-24(29)28-27-16-18-12-14-20(15-13-18)32-25(30)21-9-4-5-10-22(21)26/h2-6,8-16H,1,7,17H2,(H,28,29). The maximum atomic E-state index is 12.2. The van der Waals surface area contributed by atoms with Crippen molar-refractivity contribution in [3.05, 3.63) is 107 Å². The number of rotatable bonds is 9. The fourth-order valence-corrected chi connectivity index (χ4v) is 2.95. The van der Waals surface area contributed by atoms with Gasteiger partial charge in [0.2, 0.25) is 0 Å². The van der Waals surface area contributed by atoms with Gasteiger partial charge >= 0.3 is 5.97 Å². The van der Waals surface area contributed by atoms with E-state index < -0.39 is 5.97 Å². The zero-order valence-electron chi connectivity index (χ0n) is 17.2. The minimum absolute atomic E-state index is 0.164. The topological polar surface area (TPSA) is 77.0 Å². The number of carbonyl (C=O) groups is 2. The number of hydrogen-bond acceptors (Lipinski definition) is 5. The van der Waals surface area contributed by atoms with Crippen molar-refractivity contribution in [1.82, 2.24) is 5.43 Å². The Balaban J connectivity index is 1.48. The number of hydrazone groups is 1. The summed E-state index contributed by atoms with van der Waals surface area (Å²) in [4.78, 5) is 24.2. The highest BCUT2D eigenvalue weighted by molar-refractivity contribution is 6.33. The molecule has 0 radical (unpaired) electrons. The summed E-state index contributed by atoms with van der Waals surface area (Å²) in [7, 11) is 0. The predicted octanol–water partition coefficient (Wildman–Crippen LogP) is 4.82. The van der Waals surface area contributed by atoms with E-state index in [0.29, 0.717) is 28.5 Å². The maximum Gasteiger partial charge on any atom is 0.345 e. The number of para-hydroxylation sites is 1. The summed E-state index contributed by atoms with van der Waals surface area (Å²) < 4.78 is 10.9. The first-order chi connectivity index (χ1) is 15.6. The van der Waals surface area contributed by atoms with Crippen LogP contribution in [0.2, 0.25) is 5.02 Å². The number of carbonyl (C=O) groups excluding carboxylic acids is 2. The van der Waals surface area contributed by atoms with Gasteiger partial charge in [-0.05, 0) is 60.0 Å². The molecule has 0 heterocycles. The first kappa shape index (κ1) is 22.8. The summed E-state index contributed by atoms with van der Waals surface area (Å²) in [6.07, 6.45) is 3.90. The van der Waals surface area contributed by atoms with Crippen LogP contribution in [0, 0.1) is 0 Å². The number of allylic oxidation sites excluding steroid dienone is 1. The lowest BCUT2D eigenvalue weighted by molar-refractivity contribution is -0.123. The van der Waals surface area contributed by atoms with E-state index in [4.69, 9.17) is 21.1 Å². The van der Waals surface area contributed by atoms with Gasteiger partial charge < -0.3 is 9.47 Å². The van der Waals surface area contributed by atoms with Crippen molar-refractivity contribution in [3.63, 3.8) is 0 Å². The Labute approximate surface area is 191 Å². The quantitative estimate of drug-likeness (QED) is 0.167. The molecule has 6 nitrogen and oxygen atoms in total. The van der Waals surface area contributed by atoms with Gasteiger partial charge in [-0.25, -0.2) is 10.2 Å². The lowest BCUT2D eigenvalue weighted by atomic mass is 10.1. The highest BCUT2D eigenvalue weighted by Gasteiger charge is 2.12. The maximum absolute atomic E-state index is 12.2. The van der Waals surface area contributed by atoms with E-state index >= 15 is 0 Å². The van der Waals surface area contributed by atoms with Gasteiger partial charge in [0.05, 0.1) is 16.8 Å². The van der Waals surface area contributed by atoms with Crippen molar-refractivity contribution in [2.75, 3.05) is 6.61 Å². The molecule has 3 aromatic rings. The molecule has 0 aliphatic carbocycles. The third kappa shape index (κ3) is 6.55. The molecular formula is C25H21ClN2O4. The van der Waals surface area contributed by atoms with Crippen molar-refractivity contribution >= 4 is 29.7 Å². The Morgan fingerprint density at radius 3 is 2.47 bits per heavy atom. The molecule has 0 fully saturated rings. The van der Waals surface area contributed by atoms with E-state index in [1.54, 1.807) is 60.7 Å². The molecule has 0 aliphatic rings. The minimum Gasteiger partial charge on any atom is -0.483 e. The Bertz CT molecular complexity index is 1130. The van der Waals surface area contributed by atoms with Crippen molar-refractivity contribution in [2.24, 2.45) is 5.10 Å². The molecule has 162 valence electrons. The highest BCUT2D eigenvalue weighted by atomic mass is 35.5. The monoisotopic (exact) mass is 448 g/mol. The Morgan fingerprint density at radius 1 is 1.00 bits per heavy atom. The van der Waals surface area contributed by atoms with Crippen molar-refractivity contribution in [3.8, 4) is 11.5 Å². The van der Waals surface area contributed by atoms with Gasteiger partial charge in [-0.15, -0.1) is 6.58 Å². The molecule has 1 N–H and O–H groups in total. The van der Waals surface area contributed by atoms with Crippen LogP contribution in [-0.2, 0) is 11.2 Å². The average molecular weight is 449 g/mol. The van der Waals surface area contributed by atoms with Crippen molar-refractivity contribution in [2.45, 2.75) is 6.42 Å². The lowest BCUT2D eigenvalue weighted by Gasteiger charge is -2.09. The second-order valence-corrected chi connectivity index (χ2v) is 7.03. The minimum atomic E-state index is -0.543. The van der Waals surface area contributed by atoms with Crippen molar-refractivity contribution in [1.29, 1.82) is 0 Å². The number of halogens is 1. The van der Waals surface area contributed by atoms with Crippen LogP contribution in [0.25, 0.3) is 0 Å². The van der Waals surface area contributed by atoms with Crippen LogP contribution in [0.3, 0.4) is 0 Å². The second-order valence-electron chi connectivity index (χ2n) is 6.62. The molecule has 0 aliphatic heterocycles. The van der Waals surface area contributed by atoms with Crippen LogP contribution in [0.1, 0.15) is 21.5 Å². The third-order valence-electron chi connectivity index (χ3n) is 4.28. The predicted molar refractivity (Wildman–Crippen MR) is 124 cm³/mol. The van der Waals surface area contributed by atoms with Crippen LogP contribution in [0.4, 0.5) is 0 Å². The van der Waals surface area contributed by atoms with Gasteiger partial charge in [0, 0.05) is 0 Å². The summed E-state index contributed by atoms with van der Waals surface area (Å²) in [5.41, 5.74) is 4.36. The largest absolute Gasteiger partial charge is 0.483 e. The fraction of sp³-hybridized carbons (Fsp3) is 0.0800. The molecule has 1 amide bonds. The summed E-state index contributed by atoms with van der Waals surface area (Å²) >= 11 is 6.01. The van der Waals surface area contributed by atoms with Crippen LogP contribution in [-0.4, -0.2) is 24.7 Å². The normalized spacial score (nSPS) is 10.5. The number of ether oxygens (including phenoxy) is 2. The Kier molecular flexibility index (Phi) is 8.17. The molecule has 0 bridgehead atoms. The molecule has 32 heavy (non-hydrogen) atoms. The first-order valence-corrected chi connectivity index (χ1v) is 10.1. The number of amides is 1.